The molecule has 0 aliphatic rings. The van der Waals surface area contributed by atoms with Gasteiger partial charge < -0.3 is 18.9 Å². The summed E-state index contributed by atoms with van der Waals surface area (Å²) in [5, 5.41) is 0. The van der Waals surface area contributed by atoms with Crippen molar-refractivity contribution in [2.75, 3.05) is 28.4 Å². The van der Waals surface area contributed by atoms with Crippen molar-refractivity contribution in [3.05, 3.63) is 83.4 Å². The van der Waals surface area contributed by atoms with E-state index in [1.165, 1.54) is 0 Å². The molecule has 0 saturated heterocycles. The molecule has 3 aromatic carbocycles. The number of methoxy groups -OCH3 is 4. The minimum Gasteiger partial charge on any atom is -0.497 e. The molecule has 0 unspecified atom stereocenters. The van der Waals surface area contributed by atoms with E-state index in [-0.39, 0.29) is 5.78 Å². The van der Waals surface area contributed by atoms with Gasteiger partial charge in [-0.05, 0) is 53.6 Å². The highest BCUT2D eigenvalue weighted by molar-refractivity contribution is 6.03. The number of carbonyl (C=O) groups is 1. The van der Waals surface area contributed by atoms with Gasteiger partial charge in [0.15, 0.2) is 17.3 Å². The number of hydrogen-bond donors (Lipinski definition) is 0. The molecule has 29 heavy (non-hydrogen) atoms. The topological polar surface area (TPSA) is 54.0 Å². The minimum absolute atomic E-state index is 0.0625. The predicted molar refractivity (Wildman–Crippen MR) is 112 cm³/mol. The zero-order valence-corrected chi connectivity index (χ0v) is 17.0. The monoisotopic (exact) mass is 392 g/mol. The van der Waals surface area contributed by atoms with Crippen LogP contribution in [0.1, 0.15) is 27.4 Å². The van der Waals surface area contributed by atoms with Crippen molar-refractivity contribution in [2.45, 2.75) is 5.92 Å². The van der Waals surface area contributed by atoms with Crippen molar-refractivity contribution < 1.29 is 23.7 Å². The molecule has 0 aromatic heterocycles. The SMILES string of the molecule is COc1cccc(C(C(=O)c2ccc(OC)c(OC)c2)c2cccc(OC)c2)c1. The van der Waals surface area contributed by atoms with E-state index in [4.69, 9.17) is 18.9 Å². The van der Waals surface area contributed by atoms with Gasteiger partial charge in [0, 0.05) is 5.56 Å². The van der Waals surface area contributed by atoms with Crippen LogP contribution in [0.3, 0.4) is 0 Å². The predicted octanol–water partition coefficient (Wildman–Crippen LogP) is 4.74. The van der Waals surface area contributed by atoms with E-state index >= 15 is 0 Å². The van der Waals surface area contributed by atoms with Crippen LogP contribution >= 0.6 is 0 Å². The first-order chi connectivity index (χ1) is 14.1. The van der Waals surface area contributed by atoms with Crippen LogP contribution in [0.25, 0.3) is 0 Å². The Morgan fingerprint density at radius 1 is 0.655 bits per heavy atom. The van der Waals surface area contributed by atoms with Gasteiger partial charge in [0.1, 0.15) is 11.5 Å². The van der Waals surface area contributed by atoms with E-state index < -0.39 is 5.92 Å². The van der Waals surface area contributed by atoms with Crippen molar-refractivity contribution in [2.24, 2.45) is 0 Å². The van der Waals surface area contributed by atoms with E-state index in [0.717, 1.165) is 11.1 Å². The van der Waals surface area contributed by atoms with E-state index in [1.807, 2.05) is 48.5 Å². The number of carbonyl (C=O) groups excluding carboxylic acids is 1. The summed E-state index contributed by atoms with van der Waals surface area (Å²) in [6.45, 7) is 0. The highest BCUT2D eigenvalue weighted by atomic mass is 16.5. The van der Waals surface area contributed by atoms with Crippen LogP contribution in [-0.2, 0) is 0 Å². The van der Waals surface area contributed by atoms with Gasteiger partial charge in [-0.1, -0.05) is 24.3 Å². The van der Waals surface area contributed by atoms with Gasteiger partial charge in [0.2, 0.25) is 0 Å². The molecule has 3 rings (SSSR count). The summed E-state index contributed by atoms with van der Waals surface area (Å²) in [4.78, 5) is 13.6. The fraction of sp³-hybridized carbons (Fsp3) is 0.208. The van der Waals surface area contributed by atoms with Crippen LogP contribution in [0, 0.1) is 0 Å². The second-order valence-electron chi connectivity index (χ2n) is 6.42. The zero-order valence-electron chi connectivity index (χ0n) is 17.0. The number of rotatable bonds is 8. The summed E-state index contributed by atoms with van der Waals surface area (Å²) in [5.41, 5.74) is 2.19. The second-order valence-corrected chi connectivity index (χ2v) is 6.42. The maximum absolute atomic E-state index is 13.6. The summed E-state index contributed by atoms with van der Waals surface area (Å²) in [6, 6.07) is 20.3. The Balaban J connectivity index is 2.12. The van der Waals surface area contributed by atoms with E-state index in [2.05, 4.69) is 0 Å². The molecule has 0 amide bonds. The highest BCUT2D eigenvalue weighted by Crippen LogP contribution is 2.35. The second kappa shape index (κ2) is 9.15. The lowest BCUT2D eigenvalue weighted by Crippen LogP contribution is -2.15. The molecule has 0 N–H and O–H groups in total. The van der Waals surface area contributed by atoms with Crippen molar-refractivity contribution in [1.82, 2.24) is 0 Å². The standard InChI is InChI=1S/C24H24O5/c1-26-19-9-5-7-16(13-19)23(17-8-6-10-20(14-17)27-2)24(25)18-11-12-21(28-3)22(15-18)29-4/h5-15,23H,1-4H3. The Hall–Kier alpha value is -3.47. The summed E-state index contributed by atoms with van der Waals surface area (Å²) < 4.78 is 21.4. The largest absolute Gasteiger partial charge is 0.497 e. The Kier molecular flexibility index (Phi) is 6.39. The van der Waals surface area contributed by atoms with Crippen LogP contribution in [0.2, 0.25) is 0 Å². The normalized spacial score (nSPS) is 10.5. The zero-order chi connectivity index (χ0) is 20.8. The van der Waals surface area contributed by atoms with Gasteiger partial charge in [0.25, 0.3) is 0 Å². The van der Waals surface area contributed by atoms with Crippen molar-refractivity contribution in [3.8, 4) is 23.0 Å². The first-order valence-corrected chi connectivity index (χ1v) is 9.15. The fourth-order valence-corrected chi connectivity index (χ4v) is 3.29. The Morgan fingerprint density at radius 3 is 1.69 bits per heavy atom. The van der Waals surface area contributed by atoms with Crippen LogP contribution in [0.4, 0.5) is 0 Å². The van der Waals surface area contributed by atoms with Gasteiger partial charge in [-0.3, -0.25) is 4.79 Å². The Bertz CT molecular complexity index is 949. The van der Waals surface area contributed by atoms with Crippen LogP contribution in [0.5, 0.6) is 23.0 Å². The average molecular weight is 392 g/mol. The van der Waals surface area contributed by atoms with E-state index in [1.54, 1.807) is 46.6 Å². The molecule has 0 bridgehead atoms. The molecule has 0 heterocycles. The summed E-state index contributed by atoms with van der Waals surface area (Å²) in [7, 11) is 6.33. The molecular weight excluding hydrogens is 368 g/mol. The molecular formula is C24H24O5. The molecule has 150 valence electrons. The lowest BCUT2D eigenvalue weighted by atomic mass is 9.84. The number of ether oxygens (including phenoxy) is 4. The molecule has 0 saturated carbocycles. The highest BCUT2D eigenvalue weighted by Gasteiger charge is 2.26. The first-order valence-electron chi connectivity index (χ1n) is 9.15. The molecule has 0 atom stereocenters. The fourth-order valence-electron chi connectivity index (χ4n) is 3.29. The maximum Gasteiger partial charge on any atom is 0.174 e. The Labute approximate surface area is 170 Å². The molecule has 0 aliphatic heterocycles. The molecule has 5 heteroatoms. The molecule has 0 aliphatic carbocycles. The van der Waals surface area contributed by atoms with Gasteiger partial charge in [-0.25, -0.2) is 0 Å². The summed E-state index contributed by atoms with van der Waals surface area (Å²) >= 11 is 0. The van der Waals surface area contributed by atoms with Crippen molar-refractivity contribution in [1.29, 1.82) is 0 Å². The van der Waals surface area contributed by atoms with Gasteiger partial charge >= 0.3 is 0 Å². The molecule has 5 nitrogen and oxygen atoms in total. The third kappa shape index (κ3) is 4.35. The van der Waals surface area contributed by atoms with E-state index in [9.17, 15) is 4.79 Å². The molecule has 3 aromatic rings. The molecule has 0 spiro atoms. The molecule has 0 radical (unpaired) electrons. The van der Waals surface area contributed by atoms with Gasteiger partial charge in [0.05, 0.1) is 34.4 Å². The smallest absolute Gasteiger partial charge is 0.174 e. The number of ketones is 1. The van der Waals surface area contributed by atoms with Crippen LogP contribution in [0.15, 0.2) is 66.7 Å². The summed E-state index contributed by atoms with van der Waals surface area (Å²) in [5.74, 6) is 1.87. The lowest BCUT2D eigenvalue weighted by molar-refractivity contribution is 0.0973. The van der Waals surface area contributed by atoms with E-state index in [0.29, 0.717) is 28.6 Å². The number of benzene rings is 3. The van der Waals surface area contributed by atoms with Gasteiger partial charge in [-0.2, -0.15) is 0 Å². The number of hydrogen-bond acceptors (Lipinski definition) is 5. The van der Waals surface area contributed by atoms with Crippen molar-refractivity contribution in [3.63, 3.8) is 0 Å². The van der Waals surface area contributed by atoms with Crippen LogP contribution in [-0.4, -0.2) is 34.2 Å². The first kappa shape index (κ1) is 20.3. The lowest BCUT2D eigenvalue weighted by Gasteiger charge is -2.19. The minimum atomic E-state index is -0.529. The average Bonchev–Trinajstić information content (AvgIpc) is 2.78. The van der Waals surface area contributed by atoms with Gasteiger partial charge in [-0.15, -0.1) is 0 Å². The molecule has 0 fully saturated rings. The summed E-state index contributed by atoms with van der Waals surface area (Å²) in [6.07, 6.45) is 0. The third-order valence-corrected chi connectivity index (χ3v) is 4.78. The van der Waals surface area contributed by atoms with Crippen LogP contribution < -0.4 is 18.9 Å². The third-order valence-electron chi connectivity index (χ3n) is 4.78. The van der Waals surface area contributed by atoms with Crippen molar-refractivity contribution >= 4 is 5.78 Å². The number of Topliss-reactive ketones (excluding diaryl/α,β-unsaturated/α-hetero) is 1. The Morgan fingerprint density at radius 2 is 1.21 bits per heavy atom. The quantitative estimate of drug-likeness (QED) is 0.519. The maximum atomic E-state index is 13.6.